The van der Waals surface area contributed by atoms with Gasteiger partial charge in [-0.3, -0.25) is 10.1 Å². The minimum absolute atomic E-state index is 0.0726. The molecular formula is C12H11N3O5. The fourth-order valence-electron chi connectivity index (χ4n) is 1.48. The summed E-state index contributed by atoms with van der Waals surface area (Å²) in [5, 5.41) is 14.5. The van der Waals surface area contributed by atoms with E-state index in [-0.39, 0.29) is 24.1 Å². The van der Waals surface area contributed by atoms with Gasteiger partial charge in [-0.25, -0.2) is 10.2 Å². The zero-order valence-corrected chi connectivity index (χ0v) is 10.5. The number of esters is 1. The average molecular weight is 277 g/mol. The number of nitrogens with zero attached hydrogens (tertiary/aromatic N) is 2. The van der Waals surface area contributed by atoms with Gasteiger partial charge < -0.3 is 9.47 Å². The Kier molecular flexibility index (Phi) is 3.94. The first-order valence-electron chi connectivity index (χ1n) is 5.75. The number of carbonyl (C=O) groups excluding carboxylic acids is 1. The second-order valence-electron chi connectivity index (χ2n) is 3.70. The van der Waals surface area contributed by atoms with E-state index in [4.69, 9.17) is 9.47 Å². The van der Waals surface area contributed by atoms with Crippen LogP contribution in [0, 0.1) is 10.1 Å². The van der Waals surface area contributed by atoms with Crippen LogP contribution in [0.15, 0.2) is 41.3 Å². The second-order valence-corrected chi connectivity index (χ2v) is 3.70. The molecule has 0 unspecified atom stereocenters. The number of nitro groups is 1. The number of ether oxygens (including phenoxy) is 2. The van der Waals surface area contributed by atoms with E-state index in [1.807, 2.05) is 0 Å². The predicted molar refractivity (Wildman–Crippen MR) is 68.6 cm³/mol. The van der Waals surface area contributed by atoms with E-state index in [0.717, 1.165) is 6.08 Å². The maximum atomic E-state index is 11.2. The van der Waals surface area contributed by atoms with Gasteiger partial charge in [0.05, 0.1) is 17.6 Å². The number of nitro benzene ring substituents is 1. The molecule has 0 aliphatic carbocycles. The Labute approximate surface area is 113 Å². The zero-order chi connectivity index (χ0) is 14.5. The van der Waals surface area contributed by atoms with Gasteiger partial charge in [0.2, 0.25) is 11.8 Å². The molecule has 1 aromatic carbocycles. The van der Waals surface area contributed by atoms with Crippen LogP contribution < -0.4 is 5.43 Å². The van der Waals surface area contributed by atoms with Gasteiger partial charge in [-0.15, -0.1) is 5.10 Å². The lowest BCUT2D eigenvalue weighted by atomic mass is 10.2. The summed E-state index contributed by atoms with van der Waals surface area (Å²) in [6.45, 7) is 1.94. The average Bonchev–Trinajstić information content (AvgIpc) is 2.87. The largest absolute Gasteiger partial charge is 0.463 e. The molecule has 0 fully saturated rings. The zero-order valence-electron chi connectivity index (χ0n) is 10.5. The van der Waals surface area contributed by atoms with Crippen LogP contribution in [0.5, 0.6) is 0 Å². The Morgan fingerprint density at radius 1 is 1.60 bits per heavy atom. The van der Waals surface area contributed by atoms with Crippen LogP contribution in [-0.2, 0) is 14.3 Å². The Hall–Kier alpha value is -2.90. The molecule has 1 aliphatic rings. The van der Waals surface area contributed by atoms with Gasteiger partial charge in [-0.1, -0.05) is 6.07 Å². The fourth-order valence-corrected chi connectivity index (χ4v) is 1.48. The molecule has 0 bridgehead atoms. The normalized spacial score (nSPS) is 15.2. The molecule has 8 nitrogen and oxygen atoms in total. The first kappa shape index (κ1) is 13.5. The highest BCUT2D eigenvalue weighted by molar-refractivity contribution is 5.96. The van der Waals surface area contributed by atoms with Crippen LogP contribution in [-0.4, -0.2) is 23.4 Å². The van der Waals surface area contributed by atoms with Crippen LogP contribution in [0.3, 0.4) is 0 Å². The molecule has 8 heteroatoms. The van der Waals surface area contributed by atoms with Crippen LogP contribution in [0.25, 0.3) is 0 Å². The highest BCUT2D eigenvalue weighted by Crippen LogP contribution is 2.17. The van der Waals surface area contributed by atoms with Crippen LogP contribution in [0.4, 0.5) is 5.69 Å². The molecule has 1 heterocycles. The van der Waals surface area contributed by atoms with E-state index in [0.29, 0.717) is 5.56 Å². The molecule has 0 spiro atoms. The maximum Gasteiger partial charge on any atom is 0.336 e. The van der Waals surface area contributed by atoms with E-state index in [9.17, 15) is 14.9 Å². The van der Waals surface area contributed by atoms with Gasteiger partial charge >= 0.3 is 5.97 Å². The molecular weight excluding hydrogens is 266 g/mol. The molecule has 0 atom stereocenters. The van der Waals surface area contributed by atoms with E-state index in [1.54, 1.807) is 13.0 Å². The molecule has 0 amide bonds. The summed E-state index contributed by atoms with van der Waals surface area (Å²) in [5.74, 6) is -0.320. The quantitative estimate of drug-likeness (QED) is 0.385. The van der Waals surface area contributed by atoms with Crippen molar-refractivity contribution >= 4 is 17.6 Å². The molecule has 1 aromatic rings. The van der Waals surface area contributed by atoms with E-state index < -0.39 is 10.9 Å². The third kappa shape index (κ3) is 3.10. The molecule has 0 radical (unpaired) electrons. The Balaban J connectivity index is 2.11. The van der Waals surface area contributed by atoms with Crippen molar-refractivity contribution in [3.8, 4) is 0 Å². The summed E-state index contributed by atoms with van der Waals surface area (Å²) in [4.78, 5) is 21.4. The Morgan fingerprint density at radius 3 is 3.10 bits per heavy atom. The van der Waals surface area contributed by atoms with Crippen molar-refractivity contribution in [2.45, 2.75) is 6.92 Å². The van der Waals surface area contributed by atoms with E-state index >= 15 is 0 Å². The number of hydrogen-bond acceptors (Lipinski definition) is 7. The minimum atomic E-state index is -0.564. The molecule has 0 saturated carbocycles. The summed E-state index contributed by atoms with van der Waals surface area (Å²) in [6, 6.07) is 5.82. The lowest BCUT2D eigenvalue weighted by Gasteiger charge is -2.01. The van der Waals surface area contributed by atoms with Crippen molar-refractivity contribution in [3.63, 3.8) is 0 Å². The number of hydrazone groups is 1. The monoisotopic (exact) mass is 277 g/mol. The summed E-state index contributed by atoms with van der Waals surface area (Å²) < 4.78 is 10.00. The van der Waals surface area contributed by atoms with Crippen LogP contribution in [0.2, 0.25) is 0 Å². The topological polar surface area (TPSA) is 103 Å². The highest BCUT2D eigenvalue weighted by atomic mass is 16.6. The van der Waals surface area contributed by atoms with Crippen LogP contribution in [0.1, 0.15) is 12.5 Å². The van der Waals surface area contributed by atoms with E-state index in [2.05, 4.69) is 10.5 Å². The standard InChI is InChI=1S/C12H11N3O5/c1-2-19-11(16)7-10-13-14-12(20-10)8-4-3-5-9(6-8)15(17)18/h3-7,13H,2H2,1H3/b10-7+. The third-order valence-corrected chi connectivity index (χ3v) is 2.31. The lowest BCUT2D eigenvalue weighted by molar-refractivity contribution is -0.384. The first-order valence-corrected chi connectivity index (χ1v) is 5.75. The SMILES string of the molecule is CCOC(=O)/C=C1\NN=C(c2cccc([N+](=O)[O-])c2)O1. The molecule has 1 aliphatic heterocycles. The van der Waals surface area contributed by atoms with Crippen molar-refractivity contribution in [1.29, 1.82) is 0 Å². The molecule has 0 aromatic heterocycles. The van der Waals surface area contributed by atoms with Gasteiger partial charge in [-0.05, 0) is 13.0 Å². The molecule has 1 N–H and O–H groups in total. The number of hydrogen-bond donors (Lipinski definition) is 1. The lowest BCUT2D eigenvalue weighted by Crippen LogP contribution is -2.07. The number of carbonyl (C=O) groups is 1. The summed E-state index contributed by atoms with van der Waals surface area (Å²) >= 11 is 0. The number of benzene rings is 1. The Bertz CT molecular complexity index is 609. The number of rotatable bonds is 4. The van der Waals surface area contributed by atoms with Crippen LogP contribution >= 0.6 is 0 Å². The van der Waals surface area contributed by atoms with Crippen molar-refractivity contribution < 1.29 is 19.2 Å². The Morgan fingerprint density at radius 2 is 2.40 bits per heavy atom. The van der Waals surface area contributed by atoms with Gasteiger partial charge in [0.25, 0.3) is 5.69 Å². The third-order valence-electron chi connectivity index (χ3n) is 2.31. The number of non-ortho nitro benzene ring substituents is 1. The summed E-state index contributed by atoms with van der Waals surface area (Å²) in [6.07, 6.45) is 1.11. The summed E-state index contributed by atoms with van der Waals surface area (Å²) in [5.41, 5.74) is 2.86. The molecule has 2 rings (SSSR count). The summed E-state index contributed by atoms with van der Waals surface area (Å²) in [7, 11) is 0. The first-order chi connectivity index (χ1) is 9.60. The van der Waals surface area contributed by atoms with Crippen molar-refractivity contribution in [2.24, 2.45) is 5.10 Å². The number of nitrogens with one attached hydrogen (secondary N) is 1. The maximum absolute atomic E-state index is 11.2. The van der Waals surface area contributed by atoms with Gasteiger partial charge in [0.15, 0.2) is 0 Å². The highest BCUT2D eigenvalue weighted by Gasteiger charge is 2.18. The van der Waals surface area contributed by atoms with Crippen molar-refractivity contribution in [3.05, 3.63) is 51.9 Å². The van der Waals surface area contributed by atoms with Crippen molar-refractivity contribution in [1.82, 2.24) is 5.43 Å². The van der Waals surface area contributed by atoms with Gasteiger partial charge in [0, 0.05) is 17.7 Å². The second kappa shape index (κ2) is 5.83. The van der Waals surface area contributed by atoms with Crippen molar-refractivity contribution in [2.75, 3.05) is 6.61 Å². The predicted octanol–water partition coefficient (Wildman–Crippen LogP) is 1.28. The minimum Gasteiger partial charge on any atom is -0.463 e. The van der Waals surface area contributed by atoms with Gasteiger partial charge in [0.1, 0.15) is 0 Å². The molecule has 20 heavy (non-hydrogen) atoms. The molecule has 104 valence electrons. The van der Waals surface area contributed by atoms with E-state index in [1.165, 1.54) is 18.2 Å². The smallest absolute Gasteiger partial charge is 0.336 e. The fraction of sp³-hybridized carbons (Fsp3) is 0.167. The molecule has 0 saturated heterocycles. The van der Waals surface area contributed by atoms with Gasteiger partial charge in [-0.2, -0.15) is 0 Å².